The first kappa shape index (κ1) is 21.8. The van der Waals surface area contributed by atoms with Gasteiger partial charge in [-0.25, -0.2) is 8.42 Å². The number of rotatable bonds is 6. The Kier molecular flexibility index (Phi) is 6.16. The summed E-state index contributed by atoms with van der Waals surface area (Å²) in [6, 6.07) is 10.1. The van der Waals surface area contributed by atoms with Crippen LogP contribution in [0.1, 0.15) is 28.8 Å². The van der Waals surface area contributed by atoms with E-state index in [1.807, 2.05) is 19.1 Å². The fraction of sp³-hybridized carbons (Fsp3) is 0.350. The molecule has 7 nitrogen and oxygen atoms in total. The molecule has 0 radical (unpaired) electrons. The van der Waals surface area contributed by atoms with E-state index in [-0.39, 0.29) is 17.4 Å². The van der Waals surface area contributed by atoms with Crippen molar-refractivity contribution in [2.75, 3.05) is 18.0 Å². The second kappa shape index (κ2) is 8.47. The number of carbonyl (C=O) groups excluding carboxylic acids is 1. The van der Waals surface area contributed by atoms with Gasteiger partial charge in [0.1, 0.15) is 5.69 Å². The van der Waals surface area contributed by atoms with Gasteiger partial charge in [0.25, 0.3) is 5.69 Å². The van der Waals surface area contributed by atoms with E-state index >= 15 is 0 Å². The second-order valence-electron chi connectivity index (χ2n) is 7.20. The number of Topliss-reactive ketones (excluding diaryl/α,β-unsaturated/α-hetero) is 1. The summed E-state index contributed by atoms with van der Waals surface area (Å²) >= 11 is 0. The van der Waals surface area contributed by atoms with Gasteiger partial charge in [-0.1, -0.05) is 29.8 Å². The van der Waals surface area contributed by atoms with Crippen LogP contribution in [0.4, 0.5) is 20.2 Å². The van der Waals surface area contributed by atoms with Gasteiger partial charge in [-0.05, 0) is 31.9 Å². The molecule has 0 saturated carbocycles. The van der Waals surface area contributed by atoms with E-state index < -0.39 is 31.1 Å². The summed E-state index contributed by atoms with van der Waals surface area (Å²) in [5, 5.41) is 11.4. The van der Waals surface area contributed by atoms with Crippen LogP contribution in [0.2, 0.25) is 0 Å². The number of hydrogen-bond donors (Lipinski definition) is 0. The molecule has 0 spiro atoms. The number of carbonyl (C=O) groups is 1. The minimum atomic E-state index is -4.94. The first-order valence-corrected chi connectivity index (χ1v) is 10.8. The maximum Gasteiger partial charge on any atom is 0.341 e. The van der Waals surface area contributed by atoms with E-state index in [0.717, 1.165) is 11.6 Å². The maximum absolute atomic E-state index is 12.8. The number of aryl methyl sites for hydroxylation is 1. The van der Waals surface area contributed by atoms with Crippen molar-refractivity contribution in [1.82, 2.24) is 0 Å². The lowest BCUT2D eigenvalue weighted by atomic mass is 9.88. The molecule has 1 aliphatic rings. The van der Waals surface area contributed by atoms with Gasteiger partial charge in [-0.15, -0.1) is 0 Å². The highest BCUT2D eigenvalue weighted by Crippen LogP contribution is 2.35. The lowest BCUT2D eigenvalue weighted by molar-refractivity contribution is -0.384. The van der Waals surface area contributed by atoms with E-state index in [0.29, 0.717) is 37.6 Å². The Morgan fingerprint density at radius 2 is 1.73 bits per heavy atom. The molecule has 1 saturated heterocycles. The summed E-state index contributed by atoms with van der Waals surface area (Å²) in [7, 11) is -4.94. The molecule has 0 aliphatic carbocycles. The summed E-state index contributed by atoms with van der Waals surface area (Å²) in [5.74, 6) is -3.87. The average molecular weight is 438 g/mol. The van der Waals surface area contributed by atoms with Crippen molar-refractivity contribution in [2.24, 2.45) is 5.92 Å². The summed E-state index contributed by atoms with van der Waals surface area (Å²) < 4.78 is 48.8. The van der Waals surface area contributed by atoms with E-state index in [9.17, 15) is 32.1 Å². The zero-order valence-electron chi connectivity index (χ0n) is 16.1. The molecule has 30 heavy (non-hydrogen) atoms. The number of halogens is 2. The number of benzene rings is 2. The molecule has 10 heteroatoms. The number of piperidine rings is 1. The summed E-state index contributed by atoms with van der Waals surface area (Å²) in [6.45, 7) is 2.63. The van der Waals surface area contributed by atoms with E-state index in [4.69, 9.17) is 0 Å². The number of hydrogen-bond acceptors (Lipinski definition) is 6. The molecule has 0 aromatic heterocycles. The highest BCUT2D eigenvalue weighted by atomic mass is 32.2. The lowest BCUT2D eigenvalue weighted by Gasteiger charge is -2.32. The van der Waals surface area contributed by atoms with Gasteiger partial charge in [0.2, 0.25) is 9.84 Å². The summed E-state index contributed by atoms with van der Waals surface area (Å²) in [5.41, 5.74) is 1.26. The fourth-order valence-corrected chi connectivity index (χ4v) is 4.27. The van der Waals surface area contributed by atoms with Crippen molar-refractivity contribution in [1.29, 1.82) is 0 Å². The first-order chi connectivity index (χ1) is 14.1. The Labute approximate surface area is 172 Å². The molecule has 1 heterocycles. The average Bonchev–Trinajstić information content (AvgIpc) is 2.73. The van der Waals surface area contributed by atoms with Crippen molar-refractivity contribution in [3.63, 3.8) is 0 Å². The normalized spacial score (nSPS) is 15.4. The highest BCUT2D eigenvalue weighted by Gasteiger charge is 2.32. The van der Waals surface area contributed by atoms with Gasteiger partial charge in [0.15, 0.2) is 5.78 Å². The van der Waals surface area contributed by atoms with E-state index in [1.54, 1.807) is 17.0 Å². The van der Waals surface area contributed by atoms with Crippen LogP contribution in [0.25, 0.3) is 0 Å². The molecule has 0 N–H and O–H groups in total. The smallest absolute Gasteiger partial charge is 0.341 e. The number of alkyl halides is 2. The molecular formula is C20H20F2N2O5S. The van der Waals surface area contributed by atoms with Crippen molar-refractivity contribution in [2.45, 2.75) is 30.4 Å². The summed E-state index contributed by atoms with van der Waals surface area (Å²) in [4.78, 5) is 24.2. The van der Waals surface area contributed by atoms with Crippen LogP contribution in [0.3, 0.4) is 0 Å². The predicted molar refractivity (Wildman–Crippen MR) is 107 cm³/mol. The van der Waals surface area contributed by atoms with Gasteiger partial charge in [0.05, 0.1) is 9.82 Å². The quantitative estimate of drug-likeness (QED) is 0.384. The fourth-order valence-electron chi connectivity index (χ4n) is 3.53. The topological polar surface area (TPSA) is 97.6 Å². The second-order valence-corrected chi connectivity index (χ2v) is 9.12. The van der Waals surface area contributed by atoms with Crippen molar-refractivity contribution in [3.05, 3.63) is 63.7 Å². The van der Waals surface area contributed by atoms with Crippen LogP contribution in [0, 0.1) is 23.0 Å². The van der Waals surface area contributed by atoms with Crippen LogP contribution in [0.15, 0.2) is 47.4 Å². The van der Waals surface area contributed by atoms with Crippen LogP contribution < -0.4 is 4.90 Å². The molecule has 0 amide bonds. The number of anilines is 1. The summed E-state index contributed by atoms with van der Waals surface area (Å²) in [6.07, 6.45) is 0.946. The zero-order valence-corrected chi connectivity index (χ0v) is 16.9. The molecule has 0 atom stereocenters. The predicted octanol–water partition coefficient (Wildman–Crippen LogP) is 4.00. The standard InChI is InChI=1S/C20H20F2N2O5S/c1-13-2-4-14(5-3-13)19(25)15-8-10-23(11-9-15)17-7-6-16(12-18(17)24(26)27)30(28,29)20(21)22/h2-7,12,15,20H,8-11H2,1H3. The van der Waals surface area contributed by atoms with Crippen LogP contribution >= 0.6 is 0 Å². The van der Waals surface area contributed by atoms with Crippen molar-refractivity contribution in [3.8, 4) is 0 Å². The molecule has 1 fully saturated rings. The van der Waals surface area contributed by atoms with Gasteiger partial charge in [-0.2, -0.15) is 8.78 Å². The molecule has 2 aromatic rings. The monoisotopic (exact) mass is 438 g/mol. The van der Waals surface area contributed by atoms with Gasteiger partial charge >= 0.3 is 5.76 Å². The Morgan fingerprint density at radius 1 is 1.13 bits per heavy atom. The Bertz CT molecular complexity index is 1060. The van der Waals surface area contributed by atoms with Crippen molar-refractivity contribution < 1.29 is 26.9 Å². The van der Waals surface area contributed by atoms with Gasteiger partial charge in [-0.3, -0.25) is 14.9 Å². The first-order valence-electron chi connectivity index (χ1n) is 9.27. The van der Waals surface area contributed by atoms with E-state index in [1.165, 1.54) is 6.07 Å². The molecule has 0 bridgehead atoms. The minimum Gasteiger partial charge on any atom is -0.366 e. The van der Waals surface area contributed by atoms with Gasteiger partial charge < -0.3 is 4.90 Å². The Morgan fingerprint density at radius 3 is 2.27 bits per heavy atom. The molecular weight excluding hydrogens is 418 g/mol. The number of nitro groups is 1. The third kappa shape index (κ3) is 4.33. The van der Waals surface area contributed by atoms with E-state index in [2.05, 4.69) is 0 Å². The molecule has 3 rings (SSSR count). The molecule has 160 valence electrons. The lowest BCUT2D eigenvalue weighted by Crippen LogP contribution is -2.36. The third-order valence-corrected chi connectivity index (χ3v) is 6.63. The highest BCUT2D eigenvalue weighted by molar-refractivity contribution is 7.91. The number of nitro benzene ring substituents is 1. The Balaban J connectivity index is 1.78. The largest absolute Gasteiger partial charge is 0.366 e. The number of sulfone groups is 1. The van der Waals surface area contributed by atoms with Crippen LogP contribution in [-0.2, 0) is 9.84 Å². The minimum absolute atomic E-state index is 0.0162. The van der Waals surface area contributed by atoms with Crippen molar-refractivity contribution >= 4 is 27.0 Å². The zero-order chi connectivity index (χ0) is 22.1. The molecule has 1 aliphatic heterocycles. The third-order valence-electron chi connectivity index (χ3n) is 5.25. The number of nitrogens with zero attached hydrogens (tertiary/aromatic N) is 2. The molecule has 2 aromatic carbocycles. The van der Waals surface area contributed by atoms with Crippen LogP contribution in [0.5, 0.6) is 0 Å². The Hall–Kier alpha value is -2.88. The maximum atomic E-state index is 12.8. The number of ketones is 1. The van der Waals surface area contributed by atoms with Gasteiger partial charge in [0, 0.05) is 30.6 Å². The SMILES string of the molecule is Cc1ccc(C(=O)C2CCN(c3ccc(S(=O)(=O)C(F)F)cc3[N+](=O)[O-])CC2)cc1. The molecule has 0 unspecified atom stereocenters. The van der Waals surface area contributed by atoms with Crippen LogP contribution in [-0.4, -0.2) is 38.0 Å².